The second-order valence-corrected chi connectivity index (χ2v) is 8.28. The predicted molar refractivity (Wildman–Crippen MR) is 119 cm³/mol. The fourth-order valence-corrected chi connectivity index (χ4v) is 4.37. The first-order valence-electron chi connectivity index (χ1n) is 9.66. The molecule has 0 unspecified atom stereocenters. The minimum absolute atomic E-state index is 0.0950. The number of hydrogen-bond donors (Lipinski definition) is 1. The van der Waals surface area contributed by atoms with Crippen molar-refractivity contribution in [2.24, 2.45) is 0 Å². The Bertz CT molecular complexity index is 1430. The average molecular weight is 433 g/mol. The Morgan fingerprint density at radius 2 is 2.06 bits per heavy atom. The van der Waals surface area contributed by atoms with Gasteiger partial charge in [0.1, 0.15) is 17.3 Å². The molecule has 0 bridgehead atoms. The summed E-state index contributed by atoms with van der Waals surface area (Å²) in [5, 5.41) is 13.0. The van der Waals surface area contributed by atoms with Crippen LogP contribution in [0.2, 0.25) is 0 Å². The molecule has 3 aromatic heterocycles. The molecule has 1 amide bonds. The molecule has 0 aliphatic heterocycles. The Hall–Kier alpha value is -3.72. The Morgan fingerprint density at radius 1 is 1.19 bits per heavy atom. The summed E-state index contributed by atoms with van der Waals surface area (Å²) >= 11 is 1.47. The highest BCUT2D eigenvalue weighted by molar-refractivity contribution is 7.20. The van der Waals surface area contributed by atoms with Gasteiger partial charge in [-0.3, -0.25) is 4.79 Å². The number of ether oxygens (including phenoxy) is 1. The fourth-order valence-electron chi connectivity index (χ4n) is 3.41. The third-order valence-electron chi connectivity index (χ3n) is 4.89. The minimum atomic E-state index is -0.208. The van der Waals surface area contributed by atoms with Crippen molar-refractivity contribution in [2.45, 2.75) is 20.3 Å². The molecule has 5 aromatic rings. The minimum Gasteiger partial charge on any atom is -0.497 e. The number of thiazole rings is 1. The average Bonchev–Trinajstić information content (AvgIpc) is 3.44. The number of benzene rings is 2. The summed E-state index contributed by atoms with van der Waals surface area (Å²) in [4.78, 5) is 17.4. The third kappa shape index (κ3) is 3.64. The lowest BCUT2D eigenvalue weighted by atomic mass is 10.1. The number of nitrogens with zero attached hydrogens (tertiary/aromatic N) is 4. The van der Waals surface area contributed by atoms with Gasteiger partial charge in [-0.2, -0.15) is 9.78 Å². The van der Waals surface area contributed by atoms with Gasteiger partial charge in [-0.1, -0.05) is 28.1 Å². The molecule has 0 saturated carbocycles. The molecule has 31 heavy (non-hydrogen) atoms. The van der Waals surface area contributed by atoms with Gasteiger partial charge >= 0.3 is 0 Å². The molecule has 5 rings (SSSR count). The van der Waals surface area contributed by atoms with Gasteiger partial charge in [0.25, 0.3) is 0 Å². The van der Waals surface area contributed by atoms with E-state index < -0.39 is 0 Å². The van der Waals surface area contributed by atoms with Crippen molar-refractivity contribution in [1.29, 1.82) is 0 Å². The van der Waals surface area contributed by atoms with Gasteiger partial charge in [0.2, 0.25) is 11.0 Å². The highest BCUT2D eigenvalue weighted by Crippen LogP contribution is 2.30. The predicted octanol–water partition coefficient (Wildman–Crippen LogP) is 4.43. The first-order valence-corrected chi connectivity index (χ1v) is 10.5. The van der Waals surface area contributed by atoms with E-state index in [4.69, 9.17) is 9.26 Å². The van der Waals surface area contributed by atoms with E-state index >= 15 is 0 Å². The van der Waals surface area contributed by atoms with Crippen molar-refractivity contribution in [3.8, 4) is 10.9 Å². The highest BCUT2D eigenvalue weighted by Gasteiger charge is 2.17. The van der Waals surface area contributed by atoms with Crippen LogP contribution in [-0.2, 0) is 11.2 Å². The van der Waals surface area contributed by atoms with E-state index in [1.54, 1.807) is 11.8 Å². The normalized spacial score (nSPS) is 11.3. The van der Waals surface area contributed by atoms with E-state index in [0.717, 1.165) is 32.6 Å². The lowest BCUT2D eigenvalue weighted by Crippen LogP contribution is -2.17. The van der Waals surface area contributed by atoms with Gasteiger partial charge in [0.15, 0.2) is 5.58 Å². The van der Waals surface area contributed by atoms with Gasteiger partial charge < -0.3 is 14.6 Å². The quantitative estimate of drug-likeness (QED) is 0.441. The number of aromatic nitrogens is 4. The van der Waals surface area contributed by atoms with Crippen molar-refractivity contribution in [3.63, 3.8) is 0 Å². The smallest absolute Gasteiger partial charge is 0.231 e. The van der Waals surface area contributed by atoms with Crippen molar-refractivity contribution < 1.29 is 14.1 Å². The first-order chi connectivity index (χ1) is 15.0. The van der Waals surface area contributed by atoms with Gasteiger partial charge in [0, 0.05) is 11.5 Å². The molecule has 2 aromatic carbocycles. The number of carbonyl (C=O) groups excluding carboxylic acids is 1. The van der Waals surface area contributed by atoms with Gasteiger partial charge in [-0.25, -0.2) is 4.98 Å². The molecule has 0 atom stereocenters. The molecule has 1 N–H and O–H groups in total. The van der Waals surface area contributed by atoms with Crippen LogP contribution < -0.4 is 10.1 Å². The van der Waals surface area contributed by atoms with Crippen LogP contribution in [0, 0.1) is 13.8 Å². The summed E-state index contributed by atoms with van der Waals surface area (Å²) in [5.41, 5.74) is 3.97. The SMILES string of the molecule is COc1ccc2nc(-n3nc(C)cc3NC(=O)Cc3noc4ccc(C)cc34)sc2c1. The maximum absolute atomic E-state index is 12.8. The molecule has 156 valence electrons. The van der Waals surface area contributed by atoms with Crippen molar-refractivity contribution in [3.05, 3.63) is 59.4 Å². The number of methoxy groups -OCH3 is 1. The lowest BCUT2D eigenvalue weighted by molar-refractivity contribution is -0.115. The van der Waals surface area contributed by atoms with Crippen LogP contribution in [0.4, 0.5) is 5.82 Å². The topological polar surface area (TPSA) is 95.1 Å². The molecule has 0 aliphatic rings. The Kier molecular flexibility index (Phi) is 4.67. The van der Waals surface area contributed by atoms with Crippen LogP contribution in [0.15, 0.2) is 47.0 Å². The third-order valence-corrected chi connectivity index (χ3v) is 5.89. The maximum atomic E-state index is 12.8. The van der Waals surface area contributed by atoms with E-state index in [0.29, 0.717) is 22.2 Å². The zero-order chi connectivity index (χ0) is 21.5. The fraction of sp³-hybridized carbons (Fsp3) is 0.182. The number of anilines is 1. The van der Waals surface area contributed by atoms with Crippen molar-refractivity contribution >= 4 is 44.2 Å². The molecule has 0 fully saturated rings. The van der Waals surface area contributed by atoms with Crippen LogP contribution in [0.5, 0.6) is 5.75 Å². The van der Waals surface area contributed by atoms with Gasteiger partial charge in [0.05, 0.1) is 29.4 Å². The van der Waals surface area contributed by atoms with E-state index in [9.17, 15) is 4.79 Å². The molecule has 8 nitrogen and oxygen atoms in total. The summed E-state index contributed by atoms with van der Waals surface area (Å²) in [6, 6.07) is 13.3. The standard InChI is InChI=1S/C22H19N5O3S/c1-12-4-7-18-15(8-12)17(26-30-18)11-21(28)24-20-9-13(2)25-27(20)22-23-16-6-5-14(29-3)10-19(16)31-22/h4-10H,11H2,1-3H3,(H,24,28). The molecule has 0 radical (unpaired) electrons. The zero-order valence-corrected chi connectivity index (χ0v) is 18.0. The maximum Gasteiger partial charge on any atom is 0.231 e. The summed E-state index contributed by atoms with van der Waals surface area (Å²) < 4.78 is 13.3. The van der Waals surface area contributed by atoms with Crippen LogP contribution >= 0.6 is 11.3 Å². The summed E-state index contributed by atoms with van der Waals surface area (Å²) in [5.74, 6) is 1.11. The lowest BCUT2D eigenvalue weighted by Gasteiger charge is -2.05. The number of rotatable bonds is 5. The molecule has 0 saturated heterocycles. The molecular formula is C22H19N5O3S. The molecule has 3 heterocycles. The number of aryl methyl sites for hydroxylation is 2. The zero-order valence-electron chi connectivity index (χ0n) is 17.2. The summed E-state index contributed by atoms with van der Waals surface area (Å²) in [6.07, 6.45) is 0.0950. The summed E-state index contributed by atoms with van der Waals surface area (Å²) in [7, 11) is 1.63. The van der Waals surface area contributed by atoms with E-state index in [1.807, 2.05) is 56.3 Å². The Morgan fingerprint density at radius 3 is 2.90 bits per heavy atom. The number of carbonyl (C=O) groups is 1. The van der Waals surface area contributed by atoms with Crippen molar-refractivity contribution in [1.82, 2.24) is 19.9 Å². The second kappa shape index (κ2) is 7.51. The van der Waals surface area contributed by atoms with E-state index in [2.05, 4.69) is 20.6 Å². The van der Waals surface area contributed by atoms with Crippen molar-refractivity contribution in [2.75, 3.05) is 12.4 Å². The number of amides is 1. The van der Waals surface area contributed by atoms with Crippen LogP contribution in [0.3, 0.4) is 0 Å². The number of fused-ring (bicyclic) bond motifs is 2. The number of hydrogen-bond acceptors (Lipinski definition) is 7. The van der Waals surface area contributed by atoms with Gasteiger partial charge in [-0.05, 0) is 44.2 Å². The van der Waals surface area contributed by atoms with Crippen LogP contribution in [0.1, 0.15) is 17.0 Å². The van der Waals surface area contributed by atoms with E-state index in [-0.39, 0.29) is 12.3 Å². The van der Waals surface area contributed by atoms with Gasteiger partial charge in [-0.15, -0.1) is 0 Å². The molecule has 9 heteroatoms. The second-order valence-electron chi connectivity index (χ2n) is 7.27. The molecular weight excluding hydrogens is 414 g/mol. The molecule has 0 spiro atoms. The Labute approximate surface area is 181 Å². The largest absolute Gasteiger partial charge is 0.497 e. The first kappa shape index (κ1) is 19.3. The van der Waals surface area contributed by atoms with Crippen LogP contribution in [-0.4, -0.2) is 32.9 Å². The van der Waals surface area contributed by atoms with Crippen LogP contribution in [0.25, 0.3) is 26.3 Å². The molecule has 0 aliphatic carbocycles. The van der Waals surface area contributed by atoms with E-state index in [1.165, 1.54) is 11.3 Å². The Balaban J connectivity index is 1.42. The summed E-state index contributed by atoms with van der Waals surface area (Å²) in [6.45, 7) is 3.86. The monoisotopic (exact) mass is 433 g/mol. The highest BCUT2D eigenvalue weighted by atomic mass is 32.1. The number of nitrogens with one attached hydrogen (secondary N) is 1.